The van der Waals surface area contributed by atoms with Crippen molar-refractivity contribution >= 4 is 40.7 Å². The van der Waals surface area contributed by atoms with E-state index in [4.69, 9.17) is 23.2 Å². The Hall–Kier alpha value is -1.30. The van der Waals surface area contributed by atoms with Crippen molar-refractivity contribution in [3.63, 3.8) is 0 Å². The number of nitrogens with one attached hydrogen (secondary N) is 3. The Labute approximate surface area is 128 Å². The summed E-state index contributed by atoms with van der Waals surface area (Å²) >= 11 is 11.9. The van der Waals surface area contributed by atoms with Crippen molar-refractivity contribution in [1.29, 1.82) is 0 Å². The van der Waals surface area contributed by atoms with Crippen LogP contribution in [0.5, 0.6) is 0 Å². The van der Waals surface area contributed by atoms with E-state index in [0.29, 0.717) is 22.3 Å². The van der Waals surface area contributed by atoms with E-state index in [1.807, 2.05) is 6.92 Å². The molecule has 0 aliphatic heterocycles. The summed E-state index contributed by atoms with van der Waals surface area (Å²) in [7, 11) is 0. The third-order valence-electron chi connectivity index (χ3n) is 2.54. The standard InChI is InChI=1S/C13H17Cl2N3O2/c1-3-16-13(20)8(2)17-7-11(19)18-12-9(14)5-4-6-10(12)15/h4-6,8,17H,3,7H2,1-2H3,(H,16,20)(H,18,19). The zero-order chi connectivity index (χ0) is 15.1. The van der Waals surface area contributed by atoms with E-state index in [2.05, 4.69) is 16.0 Å². The molecule has 7 heteroatoms. The number of carbonyl (C=O) groups is 2. The number of anilines is 1. The van der Waals surface area contributed by atoms with Crippen molar-refractivity contribution in [2.75, 3.05) is 18.4 Å². The molecular formula is C13H17Cl2N3O2. The highest BCUT2D eigenvalue weighted by Crippen LogP contribution is 2.29. The van der Waals surface area contributed by atoms with E-state index in [9.17, 15) is 9.59 Å². The van der Waals surface area contributed by atoms with E-state index < -0.39 is 6.04 Å². The van der Waals surface area contributed by atoms with Crippen LogP contribution < -0.4 is 16.0 Å². The topological polar surface area (TPSA) is 70.2 Å². The molecule has 0 heterocycles. The van der Waals surface area contributed by atoms with E-state index >= 15 is 0 Å². The molecule has 0 spiro atoms. The van der Waals surface area contributed by atoms with Crippen LogP contribution in [-0.2, 0) is 9.59 Å². The zero-order valence-corrected chi connectivity index (χ0v) is 12.8. The van der Waals surface area contributed by atoms with Crippen LogP contribution in [0.3, 0.4) is 0 Å². The number of para-hydroxylation sites is 1. The number of likely N-dealkylation sites (N-methyl/N-ethyl adjacent to an activating group) is 1. The largest absolute Gasteiger partial charge is 0.355 e. The van der Waals surface area contributed by atoms with E-state index in [-0.39, 0.29) is 18.4 Å². The third kappa shape index (κ3) is 5.00. The van der Waals surface area contributed by atoms with Gasteiger partial charge in [0.2, 0.25) is 11.8 Å². The summed E-state index contributed by atoms with van der Waals surface area (Å²) in [6, 6.07) is 4.50. The van der Waals surface area contributed by atoms with Crippen LogP contribution in [0, 0.1) is 0 Å². The lowest BCUT2D eigenvalue weighted by atomic mass is 10.3. The highest BCUT2D eigenvalue weighted by Gasteiger charge is 2.14. The fourth-order valence-electron chi connectivity index (χ4n) is 1.47. The van der Waals surface area contributed by atoms with Crippen molar-refractivity contribution in [3.05, 3.63) is 28.2 Å². The fourth-order valence-corrected chi connectivity index (χ4v) is 1.96. The van der Waals surface area contributed by atoms with Gasteiger partial charge in [0.15, 0.2) is 0 Å². The van der Waals surface area contributed by atoms with Gasteiger partial charge >= 0.3 is 0 Å². The number of rotatable bonds is 6. The van der Waals surface area contributed by atoms with Gasteiger partial charge < -0.3 is 10.6 Å². The van der Waals surface area contributed by atoms with Crippen molar-refractivity contribution in [1.82, 2.24) is 10.6 Å². The number of hydrogen-bond donors (Lipinski definition) is 3. The van der Waals surface area contributed by atoms with Gasteiger partial charge in [-0.25, -0.2) is 0 Å². The molecule has 5 nitrogen and oxygen atoms in total. The smallest absolute Gasteiger partial charge is 0.238 e. The minimum atomic E-state index is -0.456. The lowest BCUT2D eigenvalue weighted by molar-refractivity contribution is -0.122. The average molecular weight is 318 g/mol. The van der Waals surface area contributed by atoms with E-state index in [0.717, 1.165) is 0 Å². The predicted molar refractivity (Wildman–Crippen MR) is 81.2 cm³/mol. The zero-order valence-electron chi connectivity index (χ0n) is 11.3. The summed E-state index contributed by atoms with van der Waals surface area (Å²) in [6.45, 7) is 4.05. The molecule has 1 rings (SSSR count). The molecule has 0 aliphatic rings. The van der Waals surface area contributed by atoms with Crippen molar-refractivity contribution in [3.8, 4) is 0 Å². The monoisotopic (exact) mass is 317 g/mol. The maximum atomic E-state index is 11.8. The number of halogens is 2. The van der Waals surface area contributed by atoms with Gasteiger partial charge in [-0.05, 0) is 26.0 Å². The van der Waals surface area contributed by atoms with Crippen LogP contribution in [0.15, 0.2) is 18.2 Å². The van der Waals surface area contributed by atoms with Gasteiger partial charge in [0, 0.05) is 6.54 Å². The van der Waals surface area contributed by atoms with Gasteiger partial charge in [0.25, 0.3) is 0 Å². The van der Waals surface area contributed by atoms with Crippen LogP contribution in [0.4, 0.5) is 5.69 Å². The molecule has 3 N–H and O–H groups in total. The molecule has 1 aromatic rings. The average Bonchev–Trinajstić information content (AvgIpc) is 2.40. The number of hydrogen-bond acceptors (Lipinski definition) is 3. The van der Waals surface area contributed by atoms with Crippen LogP contribution in [0.2, 0.25) is 10.0 Å². The Balaban J connectivity index is 2.50. The fraction of sp³-hybridized carbons (Fsp3) is 0.385. The Kier molecular flexibility index (Phi) is 6.78. The van der Waals surface area contributed by atoms with E-state index in [1.54, 1.807) is 25.1 Å². The van der Waals surface area contributed by atoms with Gasteiger partial charge in [-0.2, -0.15) is 0 Å². The van der Waals surface area contributed by atoms with Crippen molar-refractivity contribution < 1.29 is 9.59 Å². The van der Waals surface area contributed by atoms with Gasteiger partial charge in [-0.3, -0.25) is 14.9 Å². The van der Waals surface area contributed by atoms with E-state index in [1.165, 1.54) is 0 Å². The summed E-state index contributed by atoms with van der Waals surface area (Å²) in [5, 5.41) is 8.81. The molecule has 1 aromatic carbocycles. The van der Waals surface area contributed by atoms with Crippen LogP contribution in [0.25, 0.3) is 0 Å². The third-order valence-corrected chi connectivity index (χ3v) is 3.17. The molecule has 110 valence electrons. The highest BCUT2D eigenvalue weighted by molar-refractivity contribution is 6.39. The second-order valence-corrected chi connectivity index (χ2v) is 4.96. The highest BCUT2D eigenvalue weighted by atomic mass is 35.5. The first kappa shape index (κ1) is 16.8. The molecule has 0 aliphatic carbocycles. The summed E-state index contributed by atoms with van der Waals surface area (Å²) in [5.74, 6) is -0.479. The first-order chi connectivity index (χ1) is 9.45. The summed E-state index contributed by atoms with van der Waals surface area (Å²) in [5.41, 5.74) is 0.369. The SMILES string of the molecule is CCNC(=O)C(C)NCC(=O)Nc1c(Cl)cccc1Cl. The molecule has 0 fully saturated rings. The molecule has 20 heavy (non-hydrogen) atoms. The maximum Gasteiger partial charge on any atom is 0.238 e. The molecular weight excluding hydrogens is 301 g/mol. The van der Waals surface area contributed by atoms with Crippen LogP contribution >= 0.6 is 23.2 Å². The lowest BCUT2D eigenvalue weighted by Crippen LogP contribution is -2.44. The molecule has 0 aromatic heterocycles. The molecule has 2 amide bonds. The molecule has 0 saturated heterocycles. The molecule has 0 radical (unpaired) electrons. The summed E-state index contributed by atoms with van der Waals surface area (Å²) in [6.07, 6.45) is 0. The normalized spacial score (nSPS) is 11.8. The minimum Gasteiger partial charge on any atom is -0.355 e. The second-order valence-electron chi connectivity index (χ2n) is 4.14. The van der Waals surface area contributed by atoms with Gasteiger partial charge in [-0.1, -0.05) is 29.3 Å². The van der Waals surface area contributed by atoms with Crippen LogP contribution in [0.1, 0.15) is 13.8 Å². The Morgan fingerprint density at radius 2 is 1.85 bits per heavy atom. The van der Waals surface area contributed by atoms with Crippen molar-refractivity contribution in [2.24, 2.45) is 0 Å². The Bertz CT molecular complexity index is 474. The van der Waals surface area contributed by atoms with Gasteiger partial charge in [0.1, 0.15) is 0 Å². The Morgan fingerprint density at radius 1 is 1.25 bits per heavy atom. The Morgan fingerprint density at radius 3 is 2.40 bits per heavy atom. The maximum absolute atomic E-state index is 11.8. The van der Waals surface area contributed by atoms with Crippen LogP contribution in [-0.4, -0.2) is 30.9 Å². The predicted octanol–water partition coefficient (Wildman–Crippen LogP) is 2.05. The second kappa shape index (κ2) is 8.09. The van der Waals surface area contributed by atoms with Gasteiger partial charge in [0.05, 0.1) is 28.3 Å². The molecule has 0 saturated carbocycles. The number of amides is 2. The lowest BCUT2D eigenvalue weighted by Gasteiger charge is -2.14. The minimum absolute atomic E-state index is 0.0140. The quantitative estimate of drug-likeness (QED) is 0.752. The summed E-state index contributed by atoms with van der Waals surface area (Å²) < 4.78 is 0. The molecule has 0 bridgehead atoms. The van der Waals surface area contributed by atoms with Gasteiger partial charge in [-0.15, -0.1) is 0 Å². The van der Waals surface area contributed by atoms with Crippen molar-refractivity contribution in [2.45, 2.75) is 19.9 Å². The first-order valence-electron chi connectivity index (χ1n) is 6.20. The summed E-state index contributed by atoms with van der Waals surface area (Å²) in [4.78, 5) is 23.3. The molecule has 1 atom stereocenters. The molecule has 1 unspecified atom stereocenters. The first-order valence-corrected chi connectivity index (χ1v) is 6.96. The number of carbonyl (C=O) groups excluding carboxylic acids is 2. The number of benzene rings is 1.